The zero-order chi connectivity index (χ0) is 13.2. The van der Waals surface area contributed by atoms with Crippen LogP contribution in [0.15, 0.2) is 0 Å². The van der Waals surface area contributed by atoms with Crippen LogP contribution >= 0.6 is 0 Å². The Kier molecular flexibility index (Phi) is 4.31. The summed E-state index contributed by atoms with van der Waals surface area (Å²) in [6.45, 7) is 9.40. The van der Waals surface area contributed by atoms with Crippen molar-refractivity contribution >= 4 is 5.91 Å². The van der Waals surface area contributed by atoms with Crippen LogP contribution in [0.25, 0.3) is 0 Å². The molecule has 0 radical (unpaired) electrons. The molecule has 2 fully saturated rings. The standard InChI is InChI=1S/C15H28N2O/c1-4-15(8-5-9-16-11-15)14(18)17(12(2)3)10-13-6-7-13/h12-13,16H,4-11H2,1-3H3. The van der Waals surface area contributed by atoms with Crippen LogP contribution in [0.3, 0.4) is 0 Å². The number of carbonyl (C=O) groups excluding carboxylic acids is 1. The van der Waals surface area contributed by atoms with Gasteiger partial charge in [-0.3, -0.25) is 4.79 Å². The van der Waals surface area contributed by atoms with E-state index in [9.17, 15) is 4.79 Å². The van der Waals surface area contributed by atoms with E-state index in [1.807, 2.05) is 0 Å². The molecule has 1 aliphatic carbocycles. The van der Waals surface area contributed by atoms with Crippen molar-refractivity contribution < 1.29 is 4.79 Å². The summed E-state index contributed by atoms with van der Waals surface area (Å²) in [5.41, 5.74) is -0.128. The molecular weight excluding hydrogens is 224 g/mol. The minimum atomic E-state index is -0.128. The molecule has 0 bridgehead atoms. The van der Waals surface area contributed by atoms with Crippen LogP contribution in [0, 0.1) is 11.3 Å². The predicted octanol–water partition coefficient (Wildman–Crippen LogP) is 2.41. The van der Waals surface area contributed by atoms with Gasteiger partial charge in [0.1, 0.15) is 0 Å². The van der Waals surface area contributed by atoms with E-state index in [0.29, 0.717) is 11.9 Å². The molecule has 0 spiro atoms. The van der Waals surface area contributed by atoms with E-state index in [1.165, 1.54) is 12.8 Å². The van der Waals surface area contributed by atoms with E-state index in [1.54, 1.807) is 0 Å². The predicted molar refractivity (Wildman–Crippen MR) is 74.4 cm³/mol. The largest absolute Gasteiger partial charge is 0.339 e. The topological polar surface area (TPSA) is 32.3 Å². The molecule has 104 valence electrons. The van der Waals surface area contributed by atoms with E-state index in [0.717, 1.165) is 44.8 Å². The van der Waals surface area contributed by atoms with Crippen molar-refractivity contribution in [1.29, 1.82) is 0 Å². The second-order valence-electron chi connectivity index (χ2n) is 6.41. The average molecular weight is 252 g/mol. The number of nitrogens with one attached hydrogen (secondary N) is 1. The van der Waals surface area contributed by atoms with Crippen LogP contribution < -0.4 is 5.32 Å². The van der Waals surface area contributed by atoms with E-state index >= 15 is 0 Å². The van der Waals surface area contributed by atoms with Crippen molar-refractivity contribution in [2.45, 2.75) is 58.9 Å². The lowest BCUT2D eigenvalue weighted by atomic mass is 9.76. The van der Waals surface area contributed by atoms with Crippen LogP contribution in [-0.2, 0) is 4.79 Å². The van der Waals surface area contributed by atoms with Gasteiger partial charge in [0.2, 0.25) is 5.91 Å². The Balaban J connectivity index is 2.08. The molecule has 1 N–H and O–H groups in total. The highest BCUT2D eigenvalue weighted by molar-refractivity contribution is 5.83. The van der Waals surface area contributed by atoms with Gasteiger partial charge in [-0.05, 0) is 58.4 Å². The minimum Gasteiger partial charge on any atom is -0.339 e. The van der Waals surface area contributed by atoms with Crippen molar-refractivity contribution in [3.63, 3.8) is 0 Å². The Morgan fingerprint density at radius 3 is 2.61 bits per heavy atom. The lowest BCUT2D eigenvalue weighted by molar-refractivity contribution is -0.145. The molecule has 1 saturated heterocycles. The first kappa shape index (κ1) is 13.9. The van der Waals surface area contributed by atoms with Crippen molar-refractivity contribution in [2.75, 3.05) is 19.6 Å². The second kappa shape index (κ2) is 5.60. The molecule has 2 rings (SSSR count). The fraction of sp³-hybridized carbons (Fsp3) is 0.933. The summed E-state index contributed by atoms with van der Waals surface area (Å²) in [5, 5.41) is 3.42. The Bertz CT molecular complexity index is 291. The summed E-state index contributed by atoms with van der Waals surface area (Å²) in [4.78, 5) is 15.1. The molecule has 3 heteroatoms. The van der Waals surface area contributed by atoms with Gasteiger partial charge in [-0.25, -0.2) is 0 Å². The van der Waals surface area contributed by atoms with Crippen LogP contribution in [0.2, 0.25) is 0 Å². The Hall–Kier alpha value is -0.570. The molecule has 1 saturated carbocycles. The lowest BCUT2D eigenvalue weighted by Crippen LogP contribution is -2.53. The number of nitrogens with zero attached hydrogens (tertiary/aromatic N) is 1. The van der Waals surface area contributed by atoms with Crippen LogP contribution in [0.1, 0.15) is 52.9 Å². The fourth-order valence-corrected chi connectivity index (χ4v) is 3.01. The summed E-state index contributed by atoms with van der Waals surface area (Å²) in [6.07, 6.45) is 5.78. The lowest BCUT2D eigenvalue weighted by Gasteiger charge is -2.41. The highest BCUT2D eigenvalue weighted by Gasteiger charge is 2.42. The molecule has 0 aromatic carbocycles. The molecular formula is C15H28N2O. The van der Waals surface area contributed by atoms with Crippen LogP contribution in [-0.4, -0.2) is 36.5 Å². The maximum Gasteiger partial charge on any atom is 0.230 e. The first-order valence-corrected chi connectivity index (χ1v) is 7.61. The number of hydrogen-bond donors (Lipinski definition) is 1. The molecule has 1 amide bonds. The number of carbonyl (C=O) groups is 1. The third-order valence-electron chi connectivity index (χ3n) is 4.64. The molecule has 0 aromatic heterocycles. The molecule has 2 aliphatic rings. The SMILES string of the molecule is CCC1(C(=O)N(CC2CC2)C(C)C)CCCNC1. The number of piperidine rings is 1. The smallest absolute Gasteiger partial charge is 0.230 e. The van der Waals surface area contributed by atoms with Gasteiger partial charge in [0, 0.05) is 19.1 Å². The summed E-state index contributed by atoms with van der Waals surface area (Å²) < 4.78 is 0. The maximum atomic E-state index is 12.9. The molecule has 1 aliphatic heterocycles. The highest BCUT2D eigenvalue weighted by atomic mass is 16.2. The van der Waals surface area contributed by atoms with Gasteiger partial charge in [-0.15, -0.1) is 0 Å². The summed E-state index contributed by atoms with van der Waals surface area (Å²) in [5.74, 6) is 1.18. The fourth-order valence-electron chi connectivity index (χ4n) is 3.01. The van der Waals surface area contributed by atoms with Crippen LogP contribution in [0.5, 0.6) is 0 Å². The molecule has 1 atom stereocenters. The quantitative estimate of drug-likeness (QED) is 0.815. The minimum absolute atomic E-state index is 0.128. The molecule has 1 heterocycles. The van der Waals surface area contributed by atoms with E-state index < -0.39 is 0 Å². The van der Waals surface area contributed by atoms with E-state index in [2.05, 4.69) is 31.0 Å². The third-order valence-corrected chi connectivity index (χ3v) is 4.64. The van der Waals surface area contributed by atoms with Gasteiger partial charge < -0.3 is 10.2 Å². The first-order valence-electron chi connectivity index (χ1n) is 7.61. The second-order valence-corrected chi connectivity index (χ2v) is 6.41. The third kappa shape index (κ3) is 2.87. The van der Waals surface area contributed by atoms with Crippen molar-refractivity contribution in [2.24, 2.45) is 11.3 Å². The number of hydrogen-bond acceptors (Lipinski definition) is 2. The Morgan fingerprint density at radius 2 is 2.17 bits per heavy atom. The normalized spacial score (nSPS) is 28.4. The first-order chi connectivity index (χ1) is 8.59. The molecule has 3 nitrogen and oxygen atoms in total. The monoisotopic (exact) mass is 252 g/mol. The van der Waals surface area contributed by atoms with Gasteiger partial charge in [-0.2, -0.15) is 0 Å². The van der Waals surface area contributed by atoms with Gasteiger partial charge >= 0.3 is 0 Å². The van der Waals surface area contributed by atoms with Gasteiger partial charge in [0.15, 0.2) is 0 Å². The van der Waals surface area contributed by atoms with Crippen molar-refractivity contribution in [3.8, 4) is 0 Å². The van der Waals surface area contributed by atoms with Crippen LogP contribution in [0.4, 0.5) is 0 Å². The highest BCUT2D eigenvalue weighted by Crippen LogP contribution is 2.36. The summed E-state index contributed by atoms with van der Waals surface area (Å²) in [7, 11) is 0. The Labute approximate surface area is 111 Å². The summed E-state index contributed by atoms with van der Waals surface area (Å²) in [6, 6.07) is 0.337. The van der Waals surface area contributed by atoms with Gasteiger partial charge in [0.05, 0.1) is 5.41 Å². The number of amides is 1. The van der Waals surface area contributed by atoms with Crippen molar-refractivity contribution in [3.05, 3.63) is 0 Å². The maximum absolute atomic E-state index is 12.9. The van der Waals surface area contributed by atoms with E-state index in [4.69, 9.17) is 0 Å². The molecule has 1 unspecified atom stereocenters. The van der Waals surface area contributed by atoms with E-state index in [-0.39, 0.29) is 5.41 Å². The van der Waals surface area contributed by atoms with Gasteiger partial charge in [0.25, 0.3) is 0 Å². The average Bonchev–Trinajstić information content (AvgIpc) is 3.19. The summed E-state index contributed by atoms with van der Waals surface area (Å²) >= 11 is 0. The molecule has 18 heavy (non-hydrogen) atoms. The van der Waals surface area contributed by atoms with Gasteiger partial charge in [-0.1, -0.05) is 6.92 Å². The zero-order valence-electron chi connectivity index (χ0n) is 12.2. The Morgan fingerprint density at radius 1 is 1.44 bits per heavy atom. The number of rotatable bonds is 5. The molecule has 0 aromatic rings. The van der Waals surface area contributed by atoms with Crippen molar-refractivity contribution in [1.82, 2.24) is 10.2 Å². The zero-order valence-corrected chi connectivity index (χ0v) is 12.2.